The van der Waals surface area contributed by atoms with E-state index in [1.54, 1.807) is 13.8 Å². The number of rotatable bonds is 10. The molecule has 21 heavy (non-hydrogen) atoms. The zero-order valence-corrected chi connectivity index (χ0v) is 14.0. The first-order chi connectivity index (χ1) is 9.59. The van der Waals surface area contributed by atoms with Gasteiger partial charge in [0.15, 0.2) is 0 Å². The van der Waals surface area contributed by atoms with Crippen molar-refractivity contribution in [2.75, 3.05) is 33.8 Å². The quantitative estimate of drug-likeness (QED) is 0.455. The van der Waals surface area contributed by atoms with Gasteiger partial charge in [-0.05, 0) is 19.8 Å². The van der Waals surface area contributed by atoms with Gasteiger partial charge in [-0.25, -0.2) is 0 Å². The number of primary amides is 1. The highest BCUT2D eigenvalue weighted by Gasteiger charge is 2.24. The fourth-order valence-corrected chi connectivity index (χ4v) is 2.35. The minimum Gasteiger partial charge on any atom is -0.459 e. The molecule has 0 aliphatic carbocycles. The van der Waals surface area contributed by atoms with Crippen molar-refractivity contribution in [1.29, 1.82) is 0 Å². The molecule has 0 aliphatic heterocycles. The molecule has 3 unspecified atom stereocenters. The molecule has 0 spiro atoms. The molecule has 0 aromatic carbocycles. The van der Waals surface area contributed by atoms with Gasteiger partial charge in [0.25, 0.3) is 0 Å². The van der Waals surface area contributed by atoms with Gasteiger partial charge in [-0.1, -0.05) is 13.8 Å². The van der Waals surface area contributed by atoms with E-state index in [1.165, 1.54) is 0 Å². The molecule has 0 aromatic rings. The van der Waals surface area contributed by atoms with Crippen molar-refractivity contribution in [2.24, 2.45) is 17.6 Å². The number of carbonyl (C=O) groups is 2. The number of ether oxygens (including phenoxy) is 1. The Balaban J connectivity index is 4.17. The molecular formula is C15H31N2O4+. The number of quaternary nitrogens is 1. The number of aliphatic hydroxyl groups excluding tert-OH is 1. The molecule has 3 atom stereocenters. The van der Waals surface area contributed by atoms with Crippen LogP contribution in [-0.4, -0.2) is 61.4 Å². The van der Waals surface area contributed by atoms with Gasteiger partial charge in [0.05, 0.1) is 20.0 Å². The number of amides is 1. The van der Waals surface area contributed by atoms with E-state index in [0.29, 0.717) is 37.0 Å². The van der Waals surface area contributed by atoms with Crippen molar-refractivity contribution in [1.82, 2.24) is 0 Å². The van der Waals surface area contributed by atoms with Crippen LogP contribution in [0.1, 0.15) is 33.6 Å². The predicted molar refractivity (Wildman–Crippen MR) is 81.2 cm³/mol. The topological polar surface area (TPSA) is 89.6 Å². The molecule has 0 rings (SSSR count). The second kappa shape index (κ2) is 9.00. The third-order valence-electron chi connectivity index (χ3n) is 3.64. The van der Waals surface area contributed by atoms with E-state index < -0.39 is 6.10 Å². The summed E-state index contributed by atoms with van der Waals surface area (Å²) in [6.07, 6.45) is 0.664. The molecule has 124 valence electrons. The highest BCUT2D eigenvalue weighted by atomic mass is 16.5. The Hall–Kier alpha value is -1.14. The van der Waals surface area contributed by atoms with E-state index in [4.69, 9.17) is 10.5 Å². The number of carbonyl (C=O) groups excluding carboxylic acids is 2. The first kappa shape index (κ1) is 19.9. The van der Waals surface area contributed by atoms with Crippen LogP contribution in [0.5, 0.6) is 0 Å². The molecule has 6 heteroatoms. The maximum atomic E-state index is 11.9. The van der Waals surface area contributed by atoms with Crippen LogP contribution in [-0.2, 0) is 14.3 Å². The average molecular weight is 303 g/mol. The van der Waals surface area contributed by atoms with Gasteiger partial charge >= 0.3 is 5.97 Å². The van der Waals surface area contributed by atoms with Crippen LogP contribution < -0.4 is 5.73 Å². The second-order valence-electron chi connectivity index (χ2n) is 6.50. The smallest absolute Gasteiger partial charge is 0.308 e. The molecule has 0 radical (unpaired) electrons. The van der Waals surface area contributed by atoms with Gasteiger partial charge < -0.3 is 20.1 Å². The van der Waals surface area contributed by atoms with E-state index in [-0.39, 0.29) is 23.7 Å². The number of esters is 1. The SMILES string of the molecule is CCC(CC(C)C(=O)OCC[N+](C)(C)CC(C)O)C(N)=O. The Morgan fingerprint density at radius 1 is 1.29 bits per heavy atom. The zero-order valence-electron chi connectivity index (χ0n) is 14.0. The van der Waals surface area contributed by atoms with E-state index in [1.807, 2.05) is 21.0 Å². The van der Waals surface area contributed by atoms with Crippen molar-refractivity contribution >= 4 is 11.9 Å². The number of hydrogen-bond acceptors (Lipinski definition) is 4. The molecule has 0 aliphatic rings. The third-order valence-corrected chi connectivity index (χ3v) is 3.64. The normalized spacial score (nSPS) is 16.1. The van der Waals surface area contributed by atoms with Crippen molar-refractivity contribution < 1.29 is 23.9 Å². The van der Waals surface area contributed by atoms with Gasteiger partial charge in [0.2, 0.25) is 5.91 Å². The van der Waals surface area contributed by atoms with Gasteiger partial charge in [0.1, 0.15) is 25.8 Å². The lowest BCUT2D eigenvalue weighted by Crippen LogP contribution is -2.47. The summed E-state index contributed by atoms with van der Waals surface area (Å²) in [6, 6.07) is 0. The summed E-state index contributed by atoms with van der Waals surface area (Å²) in [5.74, 6) is -1.29. The first-order valence-corrected chi connectivity index (χ1v) is 7.55. The summed E-state index contributed by atoms with van der Waals surface area (Å²) in [5, 5.41) is 9.40. The van der Waals surface area contributed by atoms with Crippen LogP contribution in [0.2, 0.25) is 0 Å². The Labute approximate surface area is 127 Å². The van der Waals surface area contributed by atoms with E-state index in [2.05, 4.69) is 0 Å². The van der Waals surface area contributed by atoms with Gasteiger partial charge in [-0.3, -0.25) is 9.59 Å². The van der Waals surface area contributed by atoms with Crippen LogP contribution in [0, 0.1) is 11.8 Å². The molecule has 0 aromatic heterocycles. The molecule has 0 fully saturated rings. The summed E-state index contributed by atoms with van der Waals surface area (Å²) in [7, 11) is 3.95. The van der Waals surface area contributed by atoms with Crippen LogP contribution in [0.3, 0.4) is 0 Å². The van der Waals surface area contributed by atoms with Gasteiger partial charge in [-0.15, -0.1) is 0 Å². The van der Waals surface area contributed by atoms with Gasteiger partial charge in [0, 0.05) is 5.92 Å². The molecule has 0 saturated heterocycles. The second-order valence-corrected chi connectivity index (χ2v) is 6.50. The first-order valence-electron chi connectivity index (χ1n) is 7.55. The number of likely N-dealkylation sites (N-methyl/N-ethyl adjacent to an activating group) is 1. The Bertz CT molecular complexity index is 343. The highest BCUT2D eigenvalue weighted by molar-refractivity contribution is 5.78. The minimum atomic E-state index is -0.393. The molecule has 6 nitrogen and oxygen atoms in total. The number of nitrogens with two attached hydrogens (primary N) is 1. The Morgan fingerprint density at radius 3 is 2.29 bits per heavy atom. The standard InChI is InChI=1S/C15H30N2O4/c1-6-13(14(16)19)9-11(2)15(20)21-8-7-17(4,5)10-12(3)18/h11-13,18H,6-10H2,1-5H3,(H-,16,19)/p+1. The highest BCUT2D eigenvalue weighted by Crippen LogP contribution is 2.16. The van der Waals surface area contributed by atoms with E-state index in [9.17, 15) is 14.7 Å². The number of aliphatic hydroxyl groups is 1. The summed E-state index contributed by atoms with van der Waals surface area (Å²) in [4.78, 5) is 23.1. The maximum Gasteiger partial charge on any atom is 0.308 e. The molecule has 1 amide bonds. The zero-order chi connectivity index (χ0) is 16.6. The van der Waals surface area contributed by atoms with Crippen LogP contribution in [0.15, 0.2) is 0 Å². The summed E-state index contributed by atoms with van der Waals surface area (Å²) >= 11 is 0. The monoisotopic (exact) mass is 303 g/mol. The van der Waals surface area contributed by atoms with Crippen LogP contribution >= 0.6 is 0 Å². The maximum absolute atomic E-state index is 11.9. The molecule has 0 saturated carbocycles. The van der Waals surface area contributed by atoms with Crippen LogP contribution in [0.25, 0.3) is 0 Å². The number of nitrogens with zero attached hydrogens (tertiary/aromatic N) is 1. The summed E-state index contributed by atoms with van der Waals surface area (Å²) in [6.45, 7) is 6.91. The Morgan fingerprint density at radius 2 is 1.86 bits per heavy atom. The lowest BCUT2D eigenvalue weighted by Gasteiger charge is -2.30. The number of hydrogen-bond donors (Lipinski definition) is 2. The fourth-order valence-electron chi connectivity index (χ4n) is 2.35. The van der Waals surface area contributed by atoms with E-state index >= 15 is 0 Å². The van der Waals surface area contributed by atoms with Crippen molar-refractivity contribution in [3.8, 4) is 0 Å². The minimum absolute atomic E-state index is 0.282. The Kier molecular flexibility index (Phi) is 8.51. The van der Waals surface area contributed by atoms with Crippen molar-refractivity contribution in [3.63, 3.8) is 0 Å². The summed E-state index contributed by atoms with van der Waals surface area (Å²) < 4.78 is 5.84. The lowest BCUT2D eigenvalue weighted by molar-refractivity contribution is -0.893. The average Bonchev–Trinajstić information content (AvgIpc) is 2.32. The van der Waals surface area contributed by atoms with Gasteiger partial charge in [-0.2, -0.15) is 0 Å². The van der Waals surface area contributed by atoms with E-state index in [0.717, 1.165) is 0 Å². The largest absolute Gasteiger partial charge is 0.459 e. The molecular weight excluding hydrogens is 272 g/mol. The lowest BCUT2D eigenvalue weighted by atomic mass is 9.93. The van der Waals surface area contributed by atoms with Crippen molar-refractivity contribution in [3.05, 3.63) is 0 Å². The summed E-state index contributed by atoms with van der Waals surface area (Å²) in [5.41, 5.74) is 5.28. The third kappa shape index (κ3) is 8.67. The predicted octanol–water partition coefficient (Wildman–Crippen LogP) is 0.525. The molecule has 3 N–H and O–H groups in total. The van der Waals surface area contributed by atoms with Crippen LogP contribution in [0.4, 0.5) is 0 Å². The van der Waals surface area contributed by atoms with Crippen molar-refractivity contribution in [2.45, 2.75) is 39.7 Å². The fraction of sp³-hybridized carbons (Fsp3) is 0.867. The molecule has 0 bridgehead atoms. The molecule has 0 heterocycles.